The molecule has 0 radical (unpaired) electrons. The summed E-state index contributed by atoms with van der Waals surface area (Å²) in [7, 11) is 5.33. The first-order valence-corrected chi connectivity index (χ1v) is 12.6. The van der Waals surface area contributed by atoms with Gasteiger partial charge in [0.15, 0.2) is 16.6 Å². The number of amides is 1. The predicted octanol–water partition coefficient (Wildman–Crippen LogP) is 3.48. The Labute approximate surface area is 207 Å². The Morgan fingerprint density at radius 2 is 1.91 bits per heavy atom. The number of methoxy groups -OCH3 is 2. The highest BCUT2D eigenvalue weighted by Gasteiger charge is 2.44. The van der Waals surface area contributed by atoms with E-state index in [-0.39, 0.29) is 5.91 Å². The van der Waals surface area contributed by atoms with Crippen LogP contribution < -0.4 is 14.8 Å². The Hall–Kier alpha value is -2.55. The van der Waals surface area contributed by atoms with Crippen molar-refractivity contribution in [3.63, 3.8) is 0 Å². The average molecular weight is 489 g/mol. The van der Waals surface area contributed by atoms with E-state index < -0.39 is 5.60 Å². The zero-order valence-corrected chi connectivity index (χ0v) is 21.3. The molecular formula is C25H36N4O4S. The van der Waals surface area contributed by atoms with Crippen LogP contribution in [0.4, 0.5) is 0 Å². The van der Waals surface area contributed by atoms with Gasteiger partial charge in [-0.2, -0.15) is 0 Å². The number of nitrogens with zero attached hydrogens (tertiary/aromatic N) is 3. The number of hydrogen-bond acceptors (Lipinski definition) is 6. The Bertz CT molecular complexity index is 923. The van der Waals surface area contributed by atoms with Gasteiger partial charge in [-0.3, -0.25) is 4.79 Å². The van der Waals surface area contributed by atoms with E-state index >= 15 is 0 Å². The van der Waals surface area contributed by atoms with Crippen LogP contribution in [0.2, 0.25) is 0 Å². The minimum Gasteiger partial charge on any atom is -0.493 e. The van der Waals surface area contributed by atoms with Crippen LogP contribution in [0.15, 0.2) is 23.4 Å². The monoisotopic (exact) mass is 488 g/mol. The quantitative estimate of drug-likeness (QED) is 0.615. The molecule has 1 aliphatic carbocycles. The van der Waals surface area contributed by atoms with Crippen molar-refractivity contribution in [1.82, 2.24) is 15.1 Å². The summed E-state index contributed by atoms with van der Waals surface area (Å²) in [4.78, 5) is 23.2. The van der Waals surface area contributed by atoms with Gasteiger partial charge in [-0.1, -0.05) is 30.5 Å². The summed E-state index contributed by atoms with van der Waals surface area (Å²) in [6, 6.07) is 6.15. The van der Waals surface area contributed by atoms with Crippen molar-refractivity contribution >= 4 is 28.9 Å². The molecule has 3 aliphatic rings. The number of benzene rings is 1. The first-order valence-electron chi connectivity index (χ1n) is 12.2. The van der Waals surface area contributed by atoms with Gasteiger partial charge < -0.3 is 29.4 Å². The average Bonchev–Trinajstić information content (AvgIpc) is 3.30. The SMILES string of the molecule is COc1ccc(CNC(=O)C2=NOC3(CCN(C(=S)N(C)C4CCCCC4)CC3)C2)cc1OC. The molecule has 1 aromatic rings. The standard InChI is InChI=1S/C25H36N4O4S/c1-28(19-7-5-4-6-8-19)24(34)29-13-11-25(12-14-29)16-20(27-33-25)23(30)26-17-18-9-10-21(31-2)22(15-18)32-3/h9-10,15,19H,4-8,11-14,16-17H2,1-3H3,(H,26,30). The van der Waals surface area contributed by atoms with Gasteiger partial charge in [0.2, 0.25) is 0 Å². The number of ether oxygens (including phenoxy) is 2. The normalized spacial score (nSPS) is 19.9. The van der Waals surface area contributed by atoms with E-state index in [9.17, 15) is 4.79 Å². The van der Waals surface area contributed by atoms with Gasteiger partial charge in [-0.15, -0.1) is 0 Å². The molecule has 34 heavy (non-hydrogen) atoms. The second kappa shape index (κ2) is 10.8. The van der Waals surface area contributed by atoms with Gasteiger partial charge in [0.1, 0.15) is 11.3 Å². The number of piperidine rings is 1. The Morgan fingerprint density at radius 1 is 1.21 bits per heavy atom. The predicted molar refractivity (Wildman–Crippen MR) is 135 cm³/mol. The van der Waals surface area contributed by atoms with Crippen molar-refractivity contribution < 1.29 is 19.1 Å². The maximum absolute atomic E-state index is 12.7. The fraction of sp³-hybridized carbons (Fsp3) is 0.640. The van der Waals surface area contributed by atoms with Gasteiger partial charge >= 0.3 is 0 Å². The smallest absolute Gasteiger partial charge is 0.269 e. The minimum atomic E-state index is -0.397. The summed E-state index contributed by atoms with van der Waals surface area (Å²) in [5, 5.41) is 8.05. The third-order valence-electron chi connectivity index (χ3n) is 7.37. The summed E-state index contributed by atoms with van der Waals surface area (Å²) in [6.45, 7) is 2.03. The third-order valence-corrected chi connectivity index (χ3v) is 7.92. The molecule has 1 spiro atoms. The summed E-state index contributed by atoms with van der Waals surface area (Å²) < 4.78 is 10.6. The molecule has 1 saturated heterocycles. The largest absolute Gasteiger partial charge is 0.493 e. The summed E-state index contributed by atoms with van der Waals surface area (Å²) in [6.07, 6.45) is 8.53. The zero-order chi connectivity index (χ0) is 24.1. The highest BCUT2D eigenvalue weighted by atomic mass is 32.1. The number of hydrogen-bond donors (Lipinski definition) is 1. The van der Waals surface area contributed by atoms with Gasteiger partial charge in [0.05, 0.1) is 14.2 Å². The van der Waals surface area contributed by atoms with Crippen LogP contribution in [-0.2, 0) is 16.2 Å². The van der Waals surface area contributed by atoms with Crippen LogP contribution in [-0.4, -0.2) is 72.5 Å². The van der Waals surface area contributed by atoms with Crippen molar-refractivity contribution in [3.8, 4) is 11.5 Å². The lowest BCUT2D eigenvalue weighted by Crippen LogP contribution is -2.52. The molecule has 4 rings (SSSR count). The summed E-state index contributed by atoms with van der Waals surface area (Å²) in [5.41, 5.74) is 0.978. The van der Waals surface area contributed by atoms with Crippen LogP contribution >= 0.6 is 12.2 Å². The molecule has 1 amide bonds. The number of likely N-dealkylation sites (tertiary alicyclic amines) is 1. The van der Waals surface area contributed by atoms with Crippen LogP contribution in [0.25, 0.3) is 0 Å². The molecule has 2 fully saturated rings. The molecule has 0 atom stereocenters. The van der Waals surface area contributed by atoms with Crippen molar-refractivity contribution in [2.45, 2.75) is 69.6 Å². The molecule has 2 heterocycles. The summed E-state index contributed by atoms with van der Waals surface area (Å²) >= 11 is 5.82. The second-order valence-electron chi connectivity index (χ2n) is 9.53. The van der Waals surface area contributed by atoms with E-state index in [1.807, 2.05) is 18.2 Å². The zero-order valence-electron chi connectivity index (χ0n) is 20.5. The lowest BCUT2D eigenvalue weighted by atomic mass is 9.86. The number of rotatable bonds is 6. The number of carbonyl (C=O) groups excluding carboxylic acids is 1. The van der Waals surface area contributed by atoms with E-state index in [4.69, 9.17) is 26.5 Å². The lowest BCUT2D eigenvalue weighted by molar-refractivity contribution is -0.115. The van der Waals surface area contributed by atoms with Crippen molar-refractivity contribution in [2.24, 2.45) is 5.16 Å². The first kappa shape index (κ1) is 24.6. The maximum Gasteiger partial charge on any atom is 0.269 e. The number of oxime groups is 1. The van der Waals surface area contributed by atoms with Crippen LogP contribution in [0.3, 0.4) is 0 Å². The maximum atomic E-state index is 12.7. The molecule has 1 aromatic carbocycles. The molecule has 9 heteroatoms. The molecule has 1 N–H and O–H groups in total. The fourth-order valence-corrected chi connectivity index (χ4v) is 5.47. The van der Waals surface area contributed by atoms with E-state index in [0.717, 1.165) is 36.6 Å². The van der Waals surface area contributed by atoms with E-state index in [1.54, 1.807) is 14.2 Å². The van der Waals surface area contributed by atoms with Gasteiger partial charge in [-0.25, -0.2) is 0 Å². The number of carbonyl (C=O) groups is 1. The van der Waals surface area contributed by atoms with Gasteiger partial charge in [0.25, 0.3) is 5.91 Å². The van der Waals surface area contributed by atoms with Crippen LogP contribution in [0, 0.1) is 0 Å². The summed E-state index contributed by atoms with van der Waals surface area (Å²) in [5.74, 6) is 1.10. The Balaban J connectivity index is 1.25. The highest BCUT2D eigenvalue weighted by Crippen LogP contribution is 2.35. The molecular weight excluding hydrogens is 452 g/mol. The highest BCUT2D eigenvalue weighted by molar-refractivity contribution is 7.80. The molecule has 8 nitrogen and oxygen atoms in total. The van der Waals surface area contributed by atoms with Gasteiger partial charge in [0, 0.05) is 52.0 Å². The molecule has 0 unspecified atom stereocenters. The lowest BCUT2D eigenvalue weighted by Gasteiger charge is -2.42. The Morgan fingerprint density at radius 3 is 2.59 bits per heavy atom. The third kappa shape index (κ3) is 5.40. The van der Waals surface area contributed by atoms with E-state index in [2.05, 4.69) is 27.3 Å². The van der Waals surface area contributed by atoms with E-state index in [0.29, 0.717) is 36.2 Å². The number of thiocarbonyl (C=S) groups is 1. The van der Waals surface area contributed by atoms with Crippen LogP contribution in [0.5, 0.6) is 11.5 Å². The molecule has 1 saturated carbocycles. The van der Waals surface area contributed by atoms with E-state index in [1.165, 1.54) is 32.1 Å². The Kier molecular flexibility index (Phi) is 7.80. The van der Waals surface area contributed by atoms with Crippen molar-refractivity contribution in [1.29, 1.82) is 0 Å². The van der Waals surface area contributed by atoms with Crippen molar-refractivity contribution in [2.75, 3.05) is 34.4 Å². The topological polar surface area (TPSA) is 75.6 Å². The molecule has 2 aliphatic heterocycles. The number of nitrogens with one attached hydrogen (secondary N) is 1. The fourth-order valence-electron chi connectivity index (χ4n) is 5.14. The molecule has 0 aromatic heterocycles. The van der Waals surface area contributed by atoms with Gasteiger partial charge in [-0.05, 0) is 42.8 Å². The second-order valence-corrected chi connectivity index (χ2v) is 9.90. The minimum absolute atomic E-state index is 0.193. The molecule has 186 valence electrons. The van der Waals surface area contributed by atoms with Crippen LogP contribution in [0.1, 0.15) is 56.9 Å². The molecule has 0 bridgehead atoms. The van der Waals surface area contributed by atoms with Crippen molar-refractivity contribution in [3.05, 3.63) is 23.8 Å². The first-order chi connectivity index (χ1) is 16.4.